The van der Waals surface area contributed by atoms with E-state index in [1.54, 1.807) is 6.08 Å². The van der Waals surface area contributed by atoms with Gasteiger partial charge in [0.2, 0.25) is 5.91 Å². The first-order valence-electron chi connectivity index (χ1n) is 4.50. The first kappa shape index (κ1) is 11.9. The average Bonchev–Trinajstić information content (AvgIpc) is 2.00. The molecule has 13 heavy (non-hydrogen) atoms. The zero-order chi connectivity index (χ0) is 10.3. The van der Waals surface area contributed by atoms with Crippen molar-refractivity contribution in [1.82, 2.24) is 5.32 Å². The Morgan fingerprint density at radius 2 is 1.85 bits per heavy atom. The lowest BCUT2D eigenvalue weighted by molar-refractivity contribution is -0.123. The van der Waals surface area contributed by atoms with Crippen LogP contribution < -0.4 is 5.32 Å². The molecule has 0 heterocycles. The van der Waals surface area contributed by atoms with Crippen LogP contribution in [0.3, 0.4) is 0 Å². The number of rotatable bonds is 5. The van der Waals surface area contributed by atoms with E-state index in [-0.39, 0.29) is 18.1 Å². The number of allylic oxidation sites excluding steroid dienone is 2. The predicted molar refractivity (Wildman–Crippen MR) is 52.4 cm³/mol. The van der Waals surface area contributed by atoms with E-state index in [1.165, 1.54) is 0 Å². The van der Waals surface area contributed by atoms with Gasteiger partial charge in [0.25, 0.3) is 0 Å². The highest BCUT2D eigenvalue weighted by molar-refractivity contribution is 5.92. The highest BCUT2D eigenvalue weighted by atomic mass is 16.2. The van der Waals surface area contributed by atoms with Crippen LogP contribution in [0.4, 0.5) is 0 Å². The van der Waals surface area contributed by atoms with Gasteiger partial charge in [0.15, 0.2) is 5.78 Å². The summed E-state index contributed by atoms with van der Waals surface area (Å²) in [6.07, 6.45) is 2.16. The zero-order valence-electron chi connectivity index (χ0n) is 8.52. The van der Waals surface area contributed by atoms with Crippen molar-refractivity contribution in [3.8, 4) is 0 Å². The molecule has 0 aromatic carbocycles. The number of carbonyl (C=O) groups excluding carboxylic acids is 2. The minimum atomic E-state index is -0.0574. The van der Waals surface area contributed by atoms with E-state index in [9.17, 15) is 9.59 Å². The van der Waals surface area contributed by atoms with Crippen LogP contribution in [0.25, 0.3) is 0 Å². The van der Waals surface area contributed by atoms with E-state index in [0.29, 0.717) is 13.0 Å². The van der Waals surface area contributed by atoms with Gasteiger partial charge in [0.05, 0.1) is 0 Å². The molecule has 1 amide bonds. The van der Waals surface area contributed by atoms with Gasteiger partial charge in [0.1, 0.15) is 0 Å². The Morgan fingerprint density at radius 3 is 2.31 bits per heavy atom. The van der Waals surface area contributed by atoms with Crippen LogP contribution in [0.2, 0.25) is 0 Å². The fraction of sp³-hybridized carbons (Fsp3) is 0.600. The third-order valence-corrected chi connectivity index (χ3v) is 1.42. The van der Waals surface area contributed by atoms with Crippen LogP contribution in [0.15, 0.2) is 11.6 Å². The number of nitrogens with one attached hydrogen (secondary N) is 1. The Bertz CT molecular complexity index is 215. The van der Waals surface area contributed by atoms with Crippen molar-refractivity contribution in [2.24, 2.45) is 0 Å². The number of ketones is 1. The van der Waals surface area contributed by atoms with Gasteiger partial charge < -0.3 is 5.32 Å². The largest absolute Gasteiger partial charge is 0.356 e. The Balaban J connectivity index is 3.71. The molecule has 0 aromatic heterocycles. The standard InChI is InChI=1S/C10H17NO2/c1-4-11-10(13)6-5-9(12)7-8(2)3/h7H,4-6H2,1-3H3,(H,11,13). The van der Waals surface area contributed by atoms with Gasteiger partial charge in [-0.05, 0) is 26.8 Å². The SMILES string of the molecule is CCNC(=O)CCC(=O)C=C(C)C. The van der Waals surface area contributed by atoms with Gasteiger partial charge in [-0.3, -0.25) is 9.59 Å². The van der Waals surface area contributed by atoms with Crippen LogP contribution in [0.5, 0.6) is 0 Å². The van der Waals surface area contributed by atoms with E-state index in [4.69, 9.17) is 0 Å². The number of amides is 1. The quantitative estimate of drug-likeness (QED) is 0.655. The lowest BCUT2D eigenvalue weighted by Gasteiger charge is -1.99. The second-order valence-electron chi connectivity index (χ2n) is 3.14. The second-order valence-corrected chi connectivity index (χ2v) is 3.14. The molecule has 0 rings (SSSR count). The molecule has 0 saturated carbocycles. The molecular formula is C10H17NO2. The summed E-state index contributed by atoms with van der Waals surface area (Å²) in [6, 6.07) is 0. The van der Waals surface area contributed by atoms with Crippen molar-refractivity contribution in [1.29, 1.82) is 0 Å². The van der Waals surface area contributed by atoms with E-state index in [0.717, 1.165) is 5.57 Å². The molecule has 1 N–H and O–H groups in total. The second kappa shape index (κ2) is 6.40. The maximum Gasteiger partial charge on any atom is 0.220 e. The molecule has 0 aromatic rings. The van der Waals surface area contributed by atoms with E-state index >= 15 is 0 Å². The minimum Gasteiger partial charge on any atom is -0.356 e. The Morgan fingerprint density at radius 1 is 1.23 bits per heavy atom. The van der Waals surface area contributed by atoms with Crippen LogP contribution in [0.1, 0.15) is 33.6 Å². The normalized spacial score (nSPS) is 9.15. The Kier molecular flexibility index (Phi) is 5.85. The van der Waals surface area contributed by atoms with Crippen LogP contribution in [0, 0.1) is 0 Å². The third kappa shape index (κ3) is 7.25. The summed E-state index contributed by atoms with van der Waals surface area (Å²) < 4.78 is 0. The summed E-state index contributed by atoms with van der Waals surface area (Å²) in [5, 5.41) is 2.64. The number of carbonyl (C=O) groups is 2. The molecular weight excluding hydrogens is 166 g/mol. The monoisotopic (exact) mass is 183 g/mol. The molecule has 0 aliphatic heterocycles. The van der Waals surface area contributed by atoms with E-state index in [2.05, 4.69) is 5.32 Å². The fourth-order valence-electron chi connectivity index (χ4n) is 0.916. The fourth-order valence-corrected chi connectivity index (χ4v) is 0.916. The van der Waals surface area contributed by atoms with Crippen LogP contribution >= 0.6 is 0 Å². The van der Waals surface area contributed by atoms with E-state index < -0.39 is 0 Å². The maximum absolute atomic E-state index is 11.1. The maximum atomic E-state index is 11.1. The van der Waals surface area contributed by atoms with Gasteiger partial charge in [-0.2, -0.15) is 0 Å². The van der Waals surface area contributed by atoms with Crippen molar-refractivity contribution in [2.75, 3.05) is 6.54 Å². The first-order valence-corrected chi connectivity index (χ1v) is 4.50. The van der Waals surface area contributed by atoms with Crippen molar-refractivity contribution in [2.45, 2.75) is 33.6 Å². The van der Waals surface area contributed by atoms with Gasteiger partial charge in [-0.15, -0.1) is 0 Å². The highest BCUT2D eigenvalue weighted by Crippen LogP contribution is 1.96. The first-order chi connectivity index (χ1) is 6.06. The molecule has 74 valence electrons. The molecule has 3 heteroatoms. The van der Waals surface area contributed by atoms with Gasteiger partial charge in [-0.1, -0.05) is 5.57 Å². The molecule has 3 nitrogen and oxygen atoms in total. The molecule has 0 fully saturated rings. The number of hydrogen-bond acceptors (Lipinski definition) is 2. The summed E-state index contributed by atoms with van der Waals surface area (Å²) in [5.41, 5.74) is 0.973. The zero-order valence-corrected chi connectivity index (χ0v) is 8.52. The molecule has 0 saturated heterocycles. The van der Waals surface area contributed by atoms with Gasteiger partial charge >= 0.3 is 0 Å². The molecule has 0 aliphatic carbocycles. The van der Waals surface area contributed by atoms with Crippen molar-refractivity contribution in [3.63, 3.8) is 0 Å². The number of hydrogen-bond donors (Lipinski definition) is 1. The van der Waals surface area contributed by atoms with Gasteiger partial charge in [0, 0.05) is 19.4 Å². The molecule has 0 radical (unpaired) electrons. The summed E-state index contributed by atoms with van der Waals surface area (Å²) in [6.45, 7) is 6.21. The average molecular weight is 183 g/mol. The van der Waals surface area contributed by atoms with E-state index in [1.807, 2.05) is 20.8 Å². The van der Waals surface area contributed by atoms with Crippen molar-refractivity contribution < 1.29 is 9.59 Å². The van der Waals surface area contributed by atoms with Gasteiger partial charge in [-0.25, -0.2) is 0 Å². The summed E-state index contributed by atoms with van der Waals surface area (Å²) in [4.78, 5) is 22.1. The predicted octanol–water partition coefficient (Wildman–Crippen LogP) is 1.44. The summed E-state index contributed by atoms with van der Waals surface area (Å²) in [5.74, 6) is -0.0377. The minimum absolute atomic E-state index is 0.0197. The molecule has 0 aliphatic rings. The smallest absolute Gasteiger partial charge is 0.220 e. The third-order valence-electron chi connectivity index (χ3n) is 1.42. The summed E-state index contributed by atoms with van der Waals surface area (Å²) in [7, 11) is 0. The van der Waals surface area contributed by atoms with Crippen molar-refractivity contribution >= 4 is 11.7 Å². The molecule has 0 unspecified atom stereocenters. The Labute approximate surface area is 79.2 Å². The lowest BCUT2D eigenvalue weighted by atomic mass is 10.1. The highest BCUT2D eigenvalue weighted by Gasteiger charge is 2.02. The molecule has 0 atom stereocenters. The Hall–Kier alpha value is -1.12. The topological polar surface area (TPSA) is 46.2 Å². The van der Waals surface area contributed by atoms with Crippen molar-refractivity contribution in [3.05, 3.63) is 11.6 Å². The molecule has 0 spiro atoms. The van der Waals surface area contributed by atoms with Crippen LogP contribution in [-0.2, 0) is 9.59 Å². The molecule has 0 bridgehead atoms. The van der Waals surface area contributed by atoms with Crippen LogP contribution in [-0.4, -0.2) is 18.2 Å². The lowest BCUT2D eigenvalue weighted by Crippen LogP contribution is -2.22. The summed E-state index contributed by atoms with van der Waals surface area (Å²) >= 11 is 0.